The molecular formula is C8H16O. The second-order valence-electron chi connectivity index (χ2n) is 2.63. The van der Waals surface area contributed by atoms with E-state index in [4.69, 9.17) is 0 Å². The van der Waals surface area contributed by atoms with Crippen LogP contribution in [0.4, 0.5) is 0 Å². The normalized spacial score (nSPS) is 20.4. The molecule has 0 atom stereocenters. The summed E-state index contributed by atoms with van der Waals surface area (Å²) in [5, 5.41) is 0. The van der Waals surface area contributed by atoms with E-state index >= 15 is 0 Å². The molecule has 0 aromatic heterocycles. The predicted molar refractivity (Wildman–Crippen MR) is 40.4 cm³/mol. The molecule has 0 amide bonds. The number of hydrogen-bond acceptors (Lipinski definition) is 0. The van der Waals surface area contributed by atoms with Crippen molar-refractivity contribution in [2.75, 3.05) is 0 Å². The monoisotopic (exact) mass is 128 g/mol. The van der Waals surface area contributed by atoms with Crippen molar-refractivity contribution in [3.63, 3.8) is 0 Å². The van der Waals surface area contributed by atoms with Crippen molar-refractivity contribution < 1.29 is 5.48 Å². The lowest BCUT2D eigenvalue weighted by molar-refractivity contribution is 0.420. The van der Waals surface area contributed by atoms with Gasteiger partial charge in [-0.3, -0.25) is 0 Å². The molecule has 1 nitrogen and oxygen atoms in total. The molecule has 2 N–H and O–H groups in total. The zero-order valence-electron chi connectivity index (χ0n) is 5.90. The van der Waals surface area contributed by atoms with E-state index < -0.39 is 0 Å². The highest BCUT2D eigenvalue weighted by Gasteiger charge is 2.07. The summed E-state index contributed by atoms with van der Waals surface area (Å²) < 4.78 is 0. The lowest BCUT2D eigenvalue weighted by Gasteiger charge is -2.16. The third-order valence-electron chi connectivity index (χ3n) is 1.98. The van der Waals surface area contributed by atoms with Crippen LogP contribution in [-0.4, -0.2) is 5.48 Å². The van der Waals surface area contributed by atoms with Crippen molar-refractivity contribution >= 4 is 0 Å². The highest BCUT2D eigenvalue weighted by molar-refractivity contribution is 4.80. The smallest absolute Gasteiger partial charge is 0.0236 e. The van der Waals surface area contributed by atoms with Crippen LogP contribution in [0.2, 0.25) is 0 Å². The summed E-state index contributed by atoms with van der Waals surface area (Å²) in [5.74, 6) is 0.851. The minimum Gasteiger partial charge on any atom is -0.412 e. The van der Waals surface area contributed by atoms with Gasteiger partial charge in [0.1, 0.15) is 0 Å². The summed E-state index contributed by atoms with van der Waals surface area (Å²) in [6, 6.07) is 0. The molecule has 1 aliphatic rings. The van der Waals surface area contributed by atoms with Crippen molar-refractivity contribution in [1.29, 1.82) is 0 Å². The van der Waals surface area contributed by atoms with Crippen LogP contribution in [0.3, 0.4) is 0 Å². The SMILES string of the molecule is C=CC1CCCCC1.O. The zero-order valence-corrected chi connectivity index (χ0v) is 5.90. The molecule has 1 saturated carbocycles. The zero-order chi connectivity index (χ0) is 5.82. The summed E-state index contributed by atoms with van der Waals surface area (Å²) in [5.41, 5.74) is 0. The number of hydrogen-bond donors (Lipinski definition) is 0. The number of rotatable bonds is 1. The third kappa shape index (κ3) is 2.66. The first-order chi connectivity index (χ1) is 3.93. The Kier molecular flexibility index (Phi) is 4.41. The van der Waals surface area contributed by atoms with Crippen LogP contribution in [0.15, 0.2) is 12.7 Å². The van der Waals surface area contributed by atoms with E-state index in [9.17, 15) is 0 Å². The van der Waals surface area contributed by atoms with Crippen LogP contribution < -0.4 is 0 Å². The van der Waals surface area contributed by atoms with Crippen LogP contribution in [0.5, 0.6) is 0 Å². The lowest BCUT2D eigenvalue weighted by Crippen LogP contribution is -2.01. The first-order valence-electron chi connectivity index (χ1n) is 3.56. The van der Waals surface area contributed by atoms with Crippen LogP contribution in [0.25, 0.3) is 0 Å². The minimum absolute atomic E-state index is 0. The fourth-order valence-electron chi connectivity index (χ4n) is 1.37. The molecule has 0 aliphatic heterocycles. The van der Waals surface area contributed by atoms with Gasteiger partial charge in [0.25, 0.3) is 0 Å². The Morgan fingerprint density at radius 2 is 1.67 bits per heavy atom. The van der Waals surface area contributed by atoms with Gasteiger partial charge in [0.2, 0.25) is 0 Å². The molecule has 0 aromatic carbocycles. The van der Waals surface area contributed by atoms with Crippen molar-refractivity contribution in [1.82, 2.24) is 0 Å². The maximum atomic E-state index is 3.78. The molecule has 0 radical (unpaired) electrons. The molecule has 0 aromatic rings. The van der Waals surface area contributed by atoms with Crippen LogP contribution in [0, 0.1) is 5.92 Å². The van der Waals surface area contributed by atoms with E-state index in [2.05, 4.69) is 12.7 Å². The molecule has 0 unspecified atom stereocenters. The Hall–Kier alpha value is -0.300. The van der Waals surface area contributed by atoms with E-state index in [1.54, 1.807) is 0 Å². The lowest BCUT2D eigenvalue weighted by atomic mass is 9.90. The molecule has 1 aliphatic carbocycles. The first-order valence-corrected chi connectivity index (χ1v) is 3.56. The Morgan fingerprint density at radius 3 is 2.00 bits per heavy atom. The van der Waals surface area contributed by atoms with Crippen molar-refractivity contribution in [3.8, 4) is 0 Å². The Labute approximate surface area is 57.1 Å². The Balaban J connectivity index is 0.000000640. The van der Waals surface area contributed by atoms with Gasteiger partial charge in [-0.25, -0.2) is 0 Å². The molecule has 0 heterocycles. The standard InChI is InChI=1S/C8H14.H2O/c1-2-8-6-4-3-5-7-8;/h2,8H,1,3-7H2;1H2. The highest BCUT2D eigenvalue weighted by Crippen LogP contribution is 2.23. The van der Waals surface area contributed by atoms with Gasteiger partial charge in [0.15, 0.2) is 0 Å². The fraction of sp³-hybridized carbons (Fsp3) is 0.750. The predicted octanol–water partition coefficient (Wildman–Crippen LogP) is 1.93. The Bertz CT molecular complexity index is 72.6. The van der Waals surface area contributed by atoms with Crippen molar-refractivity contribution in [2.45, 2.75) is 32.1 Å². The van der Waals surface area contributed by atoms with Crippen molar-refractivity contribution in [2.24, 2.45) is 5.92 Å². The van der Waals surface area contributed by atoms with Gasteiger partial charge in [-0.15, -0.1) is 6.58 Å². The van der Waals surface area contributed by atoms with Gasteiger partial charge in [-0.05, 0) is 18.8 Å². The van der Waals surface area contributed by atoms with E-state index in [1.165, 1.54) is 32.1 Å². The van der Waals surface area contributed by atoms with Gasteiger partial charge in [0, 0.05) is 0 Å². The summed E-state index contributed by atoms with van der Waals surface area (Å²) >= 11 is 0. The quantitative estimate of drug-likeness (QED) is 0.483. The van der Waals surface area contributed by atoms with Gasteiger partial charge in [-0.2, -0.15) is 0 Å². The summed E-state index contributed by atoms with van der Waals surface area (Å²) in [6.45, 7) is 3.78. The van der Waals surface area contributed by atoms with Crippen LogP contribution in [0.1, 0.15) is 32.1 Å². The van der Waals surface area contributed by atoms with Crippen molar-refractivity contribution in [3.05, 3.63) is 12.7 Å². The highest BCUT2D eigenvalue weighted by atomic mass is 16.0. The van der Waals surface area contributed by atoms with E-state index in [1.807, 2.05) is 0 Å². The second-order valence-corrected chi connectivity index (χ2v) is 2.63. The molecule has 1 heteroatoms. The van der Waals surface area contributed by atoms with Gasteiger partial charge >= 0.3 is 0 Å². The van der Waals surface area contributed by atoms with E-state index in [0.29, 0.717) is 0 Å². The van der Waals surface area contributed by atoms with E-state index in [0.717, 1.165) is 5.92 Å². The molecular weight excluding hydrogens is 112 g/mol. The fourth-order valence-corrected chi connectivity index (χ4v) is 1.37. The maximum absolute atomic E-state index is 3.78. The molecule has 54 valence electrons. The topological polar surface area (TPSA) is 31.5 Å². The molecule has 0 spiro atoms. The molecule has 0 bridgehead atoms. The summed E-state index contributed by atoms with van der Waals surface area (Å²) in [4.78, 5) is 0. The van der Waals surface area contributed by atoms with Crippen LogP contribution >= 0.6 is 0 Å². The average Bonchev–Trinajstić information content (AvgIpc) is 1.90. The maximum Gasteiger partial charge on any atom is -0.0236 e. The largest absolute Gasteiger partial charge is 0.412 e. The minimum atomic E-state index is 0. The summed E-state index contributed by atoms with van der Waals surface area (Å²) in [6.07, 6.45) is 9.20. The second kappa shape index (κ2) is 4.57. The van der Waals surface area contributed by atoms with Gasteiger partial charge < -0.3 is 5.48 Å². The molecule has 9 heavy (non-hydrogen) atoms. The molecule has 1 rings (SSSR count). The van der Waals surface area contributed by atoms with Gasteiger partial charge in [-0.1, -0.05) is 25.3 Å². The van der Waals surface area contributed by atoms with E-state index in [-0.39, 0.29) is 5.48 Å². The molecule has 1 fully saturated rings. The number of allylic oxidation sites excluding steroid dienone is 1. The first kappa shape index (κ1) is 8.70. The molecule has 0 saturated heterocycles. The third-order valence-corrected chi connectivity index (χ3v) is 1.98. The summed E-state index contributed by atoms with van der Waals surface area (Å²) in [7, 11) is 0. The Morgan fingerprint density at radius 1 is 1.11 bits per heavy atom. The average molecular weight is 128 g/mol. The van der Waals surface area contributed by atoms with Gasteiger partial charge in [0.05, 0.1) is 0 Å². The van der Waals surface area contributed by atoms with Crippen LogP contribution in [-0.2, 0) is 0 Å².